The second-order valence-corrected chi connectivity index (χ2v) is 6.76. The van der Waals surface area contributed by atoms with Gasteiger partial charge in [0.1, 0.15) is 0 Å². The van der Waals surface area contributed by atoms with Gasteiger partial charge < -0.3 is 0 Å². The fourth-order valence-corrected chi connectivity index (χ4v) is 3.19. The molecule has 0 saturated heterocycles. The number of amides is 2. The fourth-order valence-electron chi connectivity index (χ4n) is 2.06. The van der Waals surface area contributed by atoms with Gasteiger partial charge in [-0.05, 0) is 24.6 Å². The van der Waals surface area contributed by atoms with Crippen molar-refractivity contribution in [3.05, 3.63) is 39.8 Å². The summed E-state index contributed by atoms with van der Waals surface area (Å²) in [5.41, 5.74) is 1.24. The van der Waals surface area contributed by atoms with Gasteiger partial charge in [-0.3, -0.25) is 14.5 Å². The van der Waals surface area contributed by atoms with Crippen LogP contribution >= 0.6 is 23.4 Å². The second-order valence-electron chi connectivity index (χ2n) is 4.73. The molecule has 5 heteroatoms. The lowest BCUT2D eigenvalue weighted by atomic mass is 10.1. The Labute approximate surface area is 128 Å². The molecule has 106 valence electrons. The highest BCUT2D eigenvalue weighted by molar-refractivity contribution is 8.04. The lowest BCUT2D eigenvalue weighted by molar-refractivity contribution is -0.136. The van der Waals surface area contributed by atoms with Gasteiger partial charge in [-0.1, -0.05) is 37.6 Å². The smallest absolute Gasteiger partial charge is 0.267 e. The molecule has 0 N–H and O–H groups in total. The first-order chi connectivity index (χ1) is 9.45. The minimum absolute atomic E-state index is 0.193. The normalized spacial score (nSPS) is 15.8. The van der Waals surface area contributed by atoms with Crippen molar-refractivity contribution < 1.29 is 9.59 Å². The number of nitrogens with zero attached hydrogens (tertiary/aromatic N) is 1. The maximum atomic E-state index is 12.4. The van der Waals surface area contributed by atoms with Crippen LogP contribution in [0, 0.1) is 0 Å². The lowest BCUT2D eigenvalue weighted by Crippen LogP contribution is -2.31. The van der Waals surface area contributed by atoms with Gasteiger partial charge in [-0.2, -0.15) is 0 Å². The van der Waals surface area contributed by atoms with Crippen molar-refractivity contribution in [1.82, 2.24) is 4.90 Å². The molecule has 0 radical (unpaired) electrons. The molecule has 2 amide bonds. The largest absolute Gasteiger partial charge is 0.274 e. The summed E-state index contributed by atoms with van der Waals surface area (Å²) in [6, 6.07) is 7.02. The predicted molar refractivity (Wildman–Crippen MR) is 83.5 cm³/mol. The Morgan fingerprint density at radius 2 is 1.75 bits per heavy atom. The summed E-state index contributed by atoms with van der Waals surface area (Å²) < 4.78 is 0. The predicted octanol–water partition coefficient (Wildman–Crippen LogP) is 3.58. The summed E-state index contributed by atoms with van der Waals surface area (Å²) in [7, 11) is 0. The molecule has 0 aliphatic carbocycles. The average molecular weight is 310 g/mol. The number of hydrogen-bond donors (Lipinski definition) is 0. The fraction of sp³-hybridized carbons (Fsp3) is 0.333. The molecule has 0 aromatic heterocycles. The molecule has 1 aromatic carbocycles. The first kappa shape index (κ1) is 15.1. The van der Waals surface area contributed by atoms with Crippen molar-refractivity contribution in [3.63, 3.8) is 0 Å². The lowest BCUT2D eigenvalue weighted by Gasteiger charge is -2.11. The van der Waals surface area contributed by atoms with E-state index in [4.69, 9.17) is 11.6 Å². The maximum absolute atomic E-state index is 12.4. The monoisotopic (exact) mass is 309 g/mol. The summed E-state index contributed by atoms with van der Waals surface area (Å²) in [6.45, 7) is 6.20. The van der Waals surface area contributed by atoms with Gasteiger partial charge in [0, 0.05) is 16.8 Å². The highest BCUT2D eigenvalue weighted by atomic mass is 35.5. The van der Waals surface area contributed by atoms with Crippen molar-refractivity contribution >= 4 is 40.8 Å². The zero-order chi connectivity index (χ0) is 14.9. The number of hydrogen-bond acceptors (Lipinski definition) is 3. The number of likely N-dealkylation sites (N-methyl/N-ethyl adjacent to an activating group) is 1. The van der Waals surface area contributed by atoms with E-state index < -0.39 is 0 Å². The minimum atomic E-state index is -0.219. The first-order valence-electron chi connectivity index (χ1n) is 6.48. The van der Waals surface area contributed by atoms with Crippen molar-refractivity contribution in [3.8, 4) is 0 Å². The van der Waals surface area contributed by atoms with Gasteiger partial charge in [0.05, 0.1) is 10.5 Å². The minimum Gasteiger partial charge on any atom is -0.274 e. The van der Waals surface area contributed by atoms with Crippen molar-refractivity contribution in [2.75, 3.05) is 6.54 Å². The van der Waals surface area contributed by atoms with Crippen LogP contribution in [0.5, 0.6) is 0 Å². The van der Waals surface area contributed by atoms with E-state index in [9.17, 15) is 9.59 Å². The Bertz CT molecular complexity index is 578. The number of carbonyl (C=O) groups is 2. The van der Waals surface area contributed by atoms with Crippen LogP contribution in [0.2, 0.25) is 5.02 Å². The van der Waals surface area contributed by atoms with Crippen LogP contribution in [-0.4, -0.2) is 28.5 Å². The quantitative estimate of drug-likeness (QED) is 0.798. The third kappa shape index (κ3) is 2.76. The van der Waals surface area contributed by atoms with Crippen LogP contribution in [0.4, 0.5) is 0 Å². The highest BCUT2D eigenvalue weighted by Crippen LogP contribution is 2.37. The van der Waals surface area contributed by atoms with Crippen LogP contribution in [0.3, 0.4) is 0 Å². The Morgan fingerprint density at radius 3 is 2.25 bits per heavy atom. The summed E-state index contributed by atoms with van der Waals surface area (Å²) in [5, 5.41) is 0.845. The van der Waals surface area contributed by atoms with Crippen LogP contribution in [0.1, 0.15) is 26.3 Å². The van der Waals surface area contributed by atoms with Crippen molar-refractivity contribution in [2.45, 2.75) is 26.0 Å². The molecule has 1 aromatic rings. The molecule has 0 atom stereocenters. The second kappa shape index (κ2) is 6.02. The molecule has 0 bridgehead atoms. The number of benzene rings is 1. The molecule has 2 rings (SSSR count). The molecule has 0 unspecified atom stereocenters. The van der Waals surface area contributed by atoms with E-state index in [0.29, 0.717) is 22.0 Å². The number of imide groups is 1. The van der Waals surface area contributed by atoms with E-state index in [0.717, 1.165) is 5.56 Å². The molecular formula is C15H16ClNO2S. The highest BCUT2D eigenvalue weighted by Gasteiger charge is 2.38. The molecule has 0 spiro atoms. The summed E-state index contributed by atoms with van der Waals surface area (Å²) >= 11 is 7.31. The van der Waals surface area contributed by atoms with E-state index in [1.165, 1.54) is 16.7 Å². The van der Waals surface area contributed by atoms with Gasteiger partial charge in [0.15, 0.2) is 0 Å². The molecule has 1 aliphatic rings. The Balaban J connectivity index is 2.52. The third-order valence-electron chi connectivity index (χ3n) is 2.93. The van der Waals surface area contributed by atoms with Crippen molar-refractivity contribution in [2.24, 2.45) is 0 Å². The molecular weight excluding hydrogens is 294 g/mol. The number of carbonyl (C=O) groups excluding carboxylic acids is 2. The zero-order valence-electron chi connectivity index (χ0n) is 11.6. The number of halogens is 1. The first-order valence-corrected chi connectivity index (χ1v) is 7.74. The average Bonchev–Trinajstić information content (AvgIpc) is 2.62. The Hall–Kier alpha value is -1.26. The molecule has 20 heavy (non-hydrogen) atoms. The van der Waals surface area contributed by atoms with Crippen LogP contribution < -0.4 is 0 Å². The van der Waals surface area contributed by atoms with Gasteiger partial charge >= 0.3 is 0 Å². The third-order valence-corrected chi connectivity index (χ3v) is 4.27. The zero-order valence-corrected chi connectivity index (χ0v) is 13.2. The summed E-state index contributed by atoms with van der Waals surface area (Å²) in [6.07, 6.45) is 0. The van der Waals surface area contributed by atoms with E-state index in [-0.39, 0.29) is 17.1 Å². The number of rotatable bonds is 4. The topological polar surface area (TPSA) is 37.4 Å². The Kier molecular flexibility index (Phi) is 4.55. The molecule has 1 heterocycles. The van der Waals surface area contributed by atoms with Crippen LogP contribution in [0.25, 0.3) is 5.57 Å². The maximum Gasteiger partial charge on any atom is 0.267 e. The van der Waals surface area contributed by atoms with Crippen molar-refractivity contribution in [1.29, 1.82) is 0 Å². The van der Waals surface area contributed by atoms with E-state index >= 15 is 0 Å². The van der Waals surface area contributed by atoms with Gasteiger partial charge in [0.25, 0.3) is 11.8 Å². The van der Waals surface area contributed by atoms with Gasteiger partial charge in [-0.15, -0.1) is 11.8 Å². The van der Waals surface area contributed by atoms with E-state index in [1.807, 2.05) is 13.8 Å². The molecule has 0 saturated carbocycles. The van der Waals surface area contributed by atoms with Crippen LogP contribution in [0.15, 0.2) is 29.2 Å². The molecule has 1 aliphatic heterocycles. The SMILES string of the molecule is CCN1C(=O)C(SC(C)C)=C(c2ccc(Cl)cc2)C1=O. The Morgan fingerprint density at radius 1 is 1.15 bits per heavy atom. The molecule has 0 fully saturated rings. The summed E-state index contributed by atoms with van der Waals surface area (Å²) in [4.78, 5) is 26.6. The summed E-state index contributed by atoms with van der Waals surface area (Å²) in [5.74, 6) is -0.413. The van der Waals surface area contributed by atoms with E-state index in [1.54, 1.807) is 31.2 Å². The number of thioether (sulfide) groups is 1. The van der Waals surface area contributed by atoms with Gasteiger partial charge in [0.2, 0.25) is 0 Å². The molecule has 3 nitrogen and oxygen atoms in total. The standard InChI is InChI=1S/C15H16ClNO2S/c1-4-17-14(18)12(10-5-7-11(16)8-6-10)13(15(17)19)20-9(2)3/h5-9H,4H2,1-3H3. The van der Waals surface area contributed by atoms with Gasteiger partial charge in [-0.25, -0.2) is 0 Å². The van der Waals surface area contributed by atoms with E-state index in [2.05, 4.69) is 0 Å². The van der Waals surface area contributed by atoms with Crippen LogP contribution in [-0.2, 0) is 9.59 Å².